The van der Waals surface area contributed by atoms with Crippen LogP contribution in [-0.4, -0.2) is 12.1 Å². The summed E-state index contributed by atoms with van der Waals surface area (Å²) in [4.78, 5) is 12.3. The molecule has 2 N–H and O–H groups in total. The Labute approximate surface area is 155 Å². The highest BCUT2D eigenvalue weighted by molar-refractivity contribution is 7.14. The zero-order chi connectivity index (χ0) is 17.8. The number of benzene rings is 2. The molecule has 132 valence electrons. The molecule has 3 aromatic rings. The summed E-state index contributed by atoms with van der Waals surface area (Å²) in [6.07, 6.45) is -0.523. The lowest BCUT2D eigenvalue weighted by molar-refractivity contribution is -0.146. The zero-order valence-electron chi connectivity index (χ0n) is 14.0. The lowest BCUT2D eigenvalue weighted by Gasteiger charge is -2.24. The van der Waals surface area contributed by atoms with Gasteiger partial charge in [-0.15, -0.1) is 11.3 Å². The normalized spacial score (nSPS) is 15.6. The number of nitrogens with one attached hydrogen (secondary N) is 2. The standard InChI is InChI=1S/C20H18N2O3S/c23-20(18-21-12-15-9-10-26-19(15)22-18)24-13-14-5-4-8-17(11-14)25-16-6-2-1-3-7-16/h1-11,18,21-22H,12-13H2. The van der Waals surface area contributed by atoms with Gasteiger partial charge in [0, 0.05) is 12.1 Å². The van der Waals surface area contributed by atoms with Crippen molar-refractivity contribution in [3.63, 3.8) is 0 Å². The molecule has 6 heteroatoms. The molecule has 0 amide bonds. The highest BCUT2D eigenvalue weighted by Gasteiger charge is 2.25. The van der Waals surface area contributed by atoms with Crippen LogP contribution in [0.1, 0.15) is 11.1 Å². The van der Waals surface area contributed by atoms with Crippen LogP contribution in [0.5, 0.6) is 11.5 Å². The Morgan fingerprint density at radius 3 is 2.81 bits per heavy atom. The minimum absolute atomic E-state index is 0.196. The summed E-state index contributed by atoms with van der Waals surface area (Å²) in [5, 5.41) is 9.33. The maximum Gasteiger partial charge on any atom is 0.344 e. The highest BCUT2D eigenvalue weighted by atomic mass is 32.1. The molecule has 2 aromatic carbocycles. The number of carbonyl (C=O) groups is 1. The maximum absolute atomic E-state index is 12.3. The van der Waals surface area contributed by atoms with E-state index in [0.717, 1.165) is 16.3 Å². The van der Waals surface area contributed by atoms with Crippen LogP contribution < -0.4 is 15.4 Å². The molecule has 1 aliphatic heterocycles. The molecule has 26 heavy (non-hydrogen) atoms. The van der Waals surface area contributed by atoms with Crippen molar-refractivity contribution in [1.82, 2.24) is 5.32 Å². The van der Waals surface area contributed by atoms with Crippen molar-refractivity contribution in [3.8, 4) is 11.5 Å². The number of thiophene rings is 1. The summed E-state index contributed by atoms with van der Waals surface area (Å²) in [6, 6.07) is 19.2. The van der Waals surface area contributed by atoms with Crippen LogP contribution in [0, 0.1) is 0 Å². The molecule has 0 aliphatic carbocycles. The number of carbonyl (C=O) groups excluding carboxylic acids is 1. The summed E-state index contributed by atoms with van der Waals surface area (Å²) in [7, 11) is 0. The van der Waals surface area contributed by atoms with Gasteiger partial charge in [0.15, 0.2) is 6.17 Å². The fraction of sp³-hybridized carbons (Fsp3) is 0.150. The monoisotopic (exact) mass is 366 g/mol. The minimum Gasteiger partial charge on any atom is -0.458 e. The number of anilines is 1. The number of esters is 1. The van der Waals surface area contributed by atoms with Crippen LogP contribution in [0.2, 0.25) is 0 Å². The predicted octanol–water partition coefficient (Wildman–Crippen LogP) is 4.13. The Hall–Kier alpha value is -2.83. The molecule has 1 atom stereocenters. The average Bonchev–Trinajstić information content (AvgIpc) is 3.15. The second-order valence-electron chi connectivity index (χ2n) is 5.90. The van der Waals surface area contributed by atoms with Crippen molar-refractivity contribution in [1.29, 1.82) is 0 Å². The Bertz CT molecular complexity index is 895. The van der Waals surface area contributed by atoms with Crippen LogP contribution in [0.3, 0.4) is 0 Å². The average molecular weight is 366 g/mol. The van der Waals surface area contributed by atoms with Gasteiger partial charge in [-0.1, -0.05) is 30.3 Å². The van der Waals surface area contributed by atoms with Crippen molar-refractivity contribution in [3.05, 3.63) is 77.2 Å². The van der Waals surface area contributed by atoms with Crippen molar-refractivity contribution in [2.45, 2.75) is 19.3 Å². The first kappa shape index (κ1) is 16.6. The van der Waals surface area contributed by atoms with Gasteiger partial charge in [0.25, 0.3) is 0 Å². The van der Waals surface area contributed by atoms with Crippen LogP contribution in [-0.2, 0) is 22.7 Å². The van der Waals surface area contributed by atoms with Crippen molar-refractivity contribution in [2.24, 2.45) is 0 Å². The minimum atomic E-state index is -0.523. The number of fused-ring (bicyclic) bond motifs is 1. The highest BCUT2D eigenvalue weighted by Crippen LogP contribution is 2.27. The lowest BCUT2D eigenvalue weighted by Crippen LogP contribution is -2.46. The summed E-state index contributed by atoms with van der Waals surface area (Å²) >= 11 is 1.59. The second kappa shape index (κ2) is 7.59. The largest absolute Gasteiger partial charge is 0.458 e. The number of rotatable bonds is 5. The summed E-state index contributed by atoms with van der Waals surface area (Å²) in [5.41, 5.74) is 2.05. The Balaban J connectivity index is 1.34. The van der Waals surface area contributed by atoms with Crippen LogP contribution in [0.4, 0.5) is 5.00 Å². The molecule has 1 aromatic heterocycles. The molecule has 1 unspecified atom stereocenters. The van der Waals surface area contributed by atoms with E-state index in [1.165, 1.54) is 5.56 Å². The van der Waals surface area contributed by atoms with Crippen LogP contribution in [0.25, 0.3) is 0 Å². The van der Waals surface area contributed by atoms with E-state index in [1.807, 2.05) is 66.0 Å². The number of hydrogen-bond donors (Lipinski definition) is 2. The molecular formula is C20H18N2O3S. The molecule has 0 saturated heterocycles. The van der Waals surface area contributed by atoms with E-state index in [0.29, 0.717) is 12.3 Å². The van der Waals surface area contributed by atoms with Crippen molar-refractivity contribution < 1.29 is 14.3 Å². The van der Waals surface area contributed by atoms with E-state index in [2.05, 4.69) is 10.6 Å². The molecule has 0 fully saturated rings. The second-order valence-corrected chi connectivity index (χ2v) is 6.82. The van der Waals surface area contributed by atoms with Gasteiger partial charge in [-0.05, 0) is 41.3 Å². The third-order valence-electron chi connectivity index (χ3n) is 4.01. The van der Waals surface area contributed by atoms with Gasteiger partial charge in [-0.3, -0.25) is 5.32 Å². The SMILES string of the molecule is O=C(OCc1cccc(Oc2ccccc2)c1)C1NCc2ccsc2N1. The third kappa shape index (κ3) is 3.87. The number of ether oxygens (including phenoxy) is 2. The van der Waals surface area contributed by atoms with E-state index in [4.69, 9.17) is 9.47 Å². The lowest BCUT2D eigenvalue weighted by atomic mass is 10.2. The van der Waals surface area contributed by atoms with E-state index in [-0.39, 0.29) is 12.6 Å². The third-order valence-corrected chi connectivity index (χ3v) is 4.90. The quantitative estimate of drug-likeness (QED) is 0.665. The Morgan fingerprint density at radius 2 is 1.92 bits per heavy atom. The van der Waals surface area contributed by atoms with Crippen LogP contribution >= 0.6 is 11.3 Å². The van der Waals surface area contributed by atoms with Gasteiger partial charge < -0.3 is 14.8 Å². The van der Waals surface area contributed by atoms with Crippen molar-refractivity contribution >= 4 is 22.3 Å². The summed E-state index contributed by atoms with van der Waals surface area (Å²) < 4.78 is 11.3. The predicted molar refractivity (Wildman–Crippen MR) is 101 cm³/mol. The first-order valence-electron chi connectivity index (χ1n) is 8.33. The first-order chi connectivity index (χ1) is 12.8. The van der Waals surface area contributed by atoms with Gasteiger partial charge in [0.05, 0.1) is 5.00 Å². The maximum atomic E-state index is 12.3. The van der Waals surface area contributed by atoms with Gasteiger partial charge in [0.1, 0.15) is 18.1 Å². The Kier molecular flexibility index (Phi) is 4.86. The zero-order valence-corrected chi connectivity index (χ0v) is 14.8. The molecule has 5 nitrogen and oxygen atoms in total. The van der Waals surface area contributed by atoms with Gasteiger partial charge in [-0.25, -0.2) is 4.79 Å². The van der Waals surface area contributed by atoms with Crippen LogP contribution in [0.15, 0.2) is 66.0 Å². The number of para-hydroxylation sites is 1. The molecule has 1 aliphatic rings. The van der Waals surface area contributed by atoms with E-state index >= 15 is 0 Å². The molecule has 2 heterocycles. The molecular weight excluding hydrogens is 348 g/mol. The van der Waals surface area contributed by atoms with E-state index in [9.17, 15) is 4.79 Å². The summed E-state index contributed by atoms with van der Waals surface area (Å²) in [6.45, 7) is 0.855. The smallest absolute Gasteiger partial charge is 0.344 e. The van der Waals surface area contributed by atoms with E-state index < -0.39 is 6.17 Å². The Morgan fingerprint density at radius 1 is 1.08 bits per heavy atom. The fourth-order valence-electron chi connectivity index (χ4n) is 2.70. The topological polar surface area (TPSA) is 59.6 Å². The summed E-state index contributed by atoms with van der Waals surface area (Å²) in [5.74, 6) is 1.16. The van der Waals surface area contributed by atoms with Gasteiger partial charge in [-0.2, -0.15) is 0 Å². The van der Waals surface area contributed by atoms with Gasteiger partial charge in [0.2, 0.25) is 0 Å². The van der Waals surface area contributed by atoms with E-state index in [1.54, 1.807) is 11.3 Å². The molecule has 0 bridgehead atoms. The molecule has 0 saturated carbocycles. The fourth-order valence-corrected chi connectivity index (χ4v) is 3.54. The van der Waals surface area contributed by atoms with Gasteiger partial charge >= 0.3 is 5.97 Å². The number of hydrogen-bond acceptors (Lipinski definition) is 6. The first-order valence-corrected chi connectivity index (χ1v) is 9.21. The molecule has 0 radical (unpaired) electrons. The molecule has 4 rings (SSSR count). The molecule has 0 spiro atoms. The van der Waals surface area contributed by atoms with Crippen molar-refractivity contribution in [2.75, 3.05) is 5.32 Å².